The van der Waals surface area contributed by atoms with Gasteiger partial charge in [-0.2, -0.15) is 0 Å². The number of thiophene rings is 1. The topological polar surface area (TPSA) is 35.2 Å². The number of hydrogen-bond donors (Lipinski definition) is 1. The van der Waals surface area contributed by atoms with E-state index >= 15 is 0 Å². The first-order valence-electron chi connectivity index (χ1n) is 5.16. The first kappa shape index (κ1) is 11.2. The van der Waals surface area contributed by atoms with Gasteiger partial charge in [-0.3, -0.25) is 0 Å². The van der Waals surface area contributed by atoms with Crippen LogP contribution in [0.15, 0.2) is 35.7 Å². The zero-order chi connectivity index (χ0) is 11.5. The standard InChI is InChI=1S/C13H15NOS/c1-9-8-10(15-2)5-6-11(9)13(14)12-4-3-7-16-12/h3-8,13H,14H2,1-2H3/t13-/m0/s1. The summed E-state index contributed by atoms with van der Waals surface area (Å²) in [5.41, 5.74) is 8.55. The lowest BCUT2D eigenvalue weighted by Gasteiger charge is -2.14. The second kappa shape index (κ2) is 4.68. The van der Waals surface area contributed by atoms with Crippen LogP contribution in [-0.4, -0.2) is 7.11 Å². The molecule has 16 heavy (non-hydrogen) atoms. The number of rotatable bonds is 3. The van der Waals surface area contributed by atoms with Gasteiger partial charge in [-0.25, -0.2) is 0 Å². The molecule has 0 aliphatic heterocycles. The average molecular weight is 233 g/mol. The van der Waals surface area contributed by atoms with E-state index in [4.69, 9.17) is 10.5 Å². The number of ether oxygens (including phenoxy) is 1. The summed E-state index contributed by atoms with van der Waals surface area (Å²) in [6, 6.07) is 10.1. The van der Waals surface area contributed by atoms with Gasteiger partial charge in [-0.15, -0.1) is 11.3 Å². The van der Waals surface area contributed by atoms with Crippen LogP contribution in [0.5, 0.6) is 5.75 Å². The molecule has 1 atom stereocenters. The predicted molar refractivity (Wildman–Crippen MR) is 68.1 cm³/mol. The minimum Gasteiger partial charge on any atom is -0.497 e. The molecule has 84 valence electrons. The number of benzene rings is 1. The van der Waals surface area contributed by atoms with E-state index < -0.39 is 0 Å². The molecule has 1 aromatic heterocycles. The number of hydrogen-bond acceptors (Lipinski definition) is 3. The molecule has 2 aromatic rings. The van der Waals surface area contributed by atoms with Crippen molar-refractivity contribution in [2.45, 2.75) is 13.0 Å². The van der Waals surface area contributed by atoms with Crippen molar-refractivity contribution < 1.29 is 4.74 Å². The molecule has 3 heteroatoms. The van der Waals surface area contributed by atoms with Crippen molar-refractivity contribution in [2.75, 3.05) is 7.11 Å². The molecule has 0 aliphatic carbocycles. The summed E-state index contributed by atoms with van der Waals surface area (Å²) in [7, 11) is 1.67. The van der Waals surface area contributed by atoms with Crippen molar-refractivity contribution in [1.29, 1.82) is 0 Å². The Morgan fingerprint density at radius 1 is 1.31 bits per heavy atom. The number of nitrogens with two attached hydrogens (primary N) is 1. The quantitative estimate of drug-likeness (QED) is 0.884. The molecule has 0 amide bonds. The van der Waals surface area contributed by atoms with Gasteiger partial charge in [0.05, 0.1) is 13.2 Å². The van der Waals surface area contributed by atoms with Crippen molar-refractivity contribution in [3.8, 4) is 5.75 Å². The Hall–Kier alpha value is -1.32. The summed E-state index contributed by atoms with van der Waals surface area (Å²) in [6.45, 7) is 2.06. The lowest BCUT2D eigenvalue weighted by Crippen LogP contribution is -2.11. The second-order valence-electron chi connectivity index (χ2n) is 3.72. The van der Waals surface area contributed by atoms with Gasteiger partial charge < -0.3 is 10.5 Å². The van der Waals surface area contributed by atoms with Crippen molar-refractivity contribution in [3.63, 3.8) is 0 Å². The van der Waals surface area contributed by atoms with Crippen LogP contribution < -0.4 is 10.5 Å². The maximum atomic E-state index is 6.22. The van der Waals surface area contributed by atoms with Gasteiger partial charge in [0.15, 0.2) is 0 Å². The van der Waals surface area contributed by atoms with Crippen LogP contribution in [0.25, 0.3) is 0 Å². The zero-order valence-corrected chi connectivity index (χ0v) is 10.3. The van der Waals surface area contributed by atoms with Gasteiger partial charge in [-0.05, 0) is 41.6 Å². The number of aryl methyl sites for hydroxylation is 1. The normalized spacial score (nSPS) is 12.4. The fourth-order valence-electron chi connectivity index (χ4n) is 1.75. The highest BCUT2D eigenvalue weighted by atomic mass is 32.1. The Morgan fingerprint density at radius 3 is 2.69 bits per heavy atom. The van der Waals surface area contributed by atoms with Crippen LogP contribution >= 0.6 is 11.3 Å². The fraction of sp³-hybridized carbons (Fsp3) is 0.231. The van der Waals surface area contributed by atoms with Crippen molar-refractivity contribution >= 4 is 11.3 Å². The Bertz CT molecular complexity index is 465. The SMILES string of the molecule is COc1ccc([C@H](N)c2cccs2)c(C)c1. The van der Waals surface area contributed by atoms with Crippen molar-refractivity contribution in [3.05, 3.63) is 51.7 Å². The van der Waals surface area contributed by atoms with Crippen molar-refractivity contribution in [2.24, 2.45) is 5.73 Å². The predicted octanol–water partition coefficient (Wildman–Crippen LogP) is 3.11. The van der Waals surface area contributed by atoms with E-state index in [-0.39, 0.29) is 6.04 Å². The molecule has 2 rings (SSSR count). The summed E-state index contributed by atoms with van der Waals surface area (Å²) in [4.78, 5) is 1.19. The highest BCUT2D eigenvalue weighted by Crippen LogP contribution is 2.28. The van der Waals surface area contributed by atoms with Crippen LogP contribution in [0.1, 0.15) is 22.0 Å². The smallest absolute Gasteiger partial charge is 0.119 e. The van der Waals surface area contributed by atoms with E-state index in [2.05, 4.69) is 13.0 Å². The van der Waals surface area contributed by atoms with E-state index in [1.165, 1.54) is 10.4 Å². The Labute approximate surface area is 99.7 Å². The molecule has 0 unspecified atom stereocenters. The first-order chi connectivity index (χ1) is 7.72. The summed E-state index contributed by atoms with van der Waals surface area (Å²) in [5.74, 6) is 0.875. The highest BCUT2D eigenvalue weighted by molar-refractivity contribution is 7.10. The van der Waals surface area contributed by atoms with Gasteiger partial charge in [0, 0.05) is 4.88 Å². The molecule has 0 fully saturated rings. The molecule has 0 saturated heterocycles. The summed E-state index contributed by atoms with van der Waals surface area (Å²) in [6.07, 6.45) is 0. The zero-order valence-electron chi connectivity index (χ0n) is 9.44. The Balaban J connectivity index is 2.34. The third-order valence-corrected chi connectivity index (χ3v) is 3.62. The van der Waals surface area contributed by atoms with E-state index in [9.17, 15) is 0 Å². The molecule has 2 nitrogen and oxygen atoms in total. The monoisotopic (exact) mass is 233 g/mol. The third kappa shape index (κ3) is 2.10. The van der Waals surface area contributed by atoms with Crippen LogP contribution in [0.2, 0.25) is 0 Å². The summed E-state index contributed by atoms with van der Waals surface area (Å²) < 4.78 is 5.18. The van der Waals surface area contributed by atoms with E-state index in [0.29, 0.717) is 0 Å². The van der Waals surface area contributed by atoms with Gasteiger partial charge >= 0.3 is 0 Å². The van der Waals surface area contributed by atoms with Crippen LogP contribution in [0.3, 0.4) is 0 Å². The van der Waals surface area contributed by atoms with Crippen LogP contribution in [0.4, 0.5) is 0 Å². The molecule has 1 aromatic carbocycles. The van der Waals surface area contributed by atoms with Crippen molar-refractivity contribution in [1.82, 2.24) is 0 Å². The van der Waals surface area contributed by atoms with E-state index in [1.807, 2.05) is 29.6 Å². The second-order valence-corrected chi connectivity index (χ2v) is 4.69. The van der Waals surface area contributed by atoms with Gasteiger partial charge in [0.2, 0.25) is 0 Å². The fourth-order valence-corrected chi connectivity index (χ4v) is 2.49. The molecule has 0 saturated carbocycles. The summed E-state index contributed by atoms with van der Waals surface area (Å²) in [5, 5.41) is 2.05. The molecular weight excluding hydrogens is 218 g/mol. The number of methoxy groups -OCH3 is 1. The van der Waals surface area contributed by atoms with E-state index in [1.54, 1.807) is 18.4 Å². The maximum Gasteiger partial charge on any atom is 0.119 e. The molecule has 1 heterocycles. The van der Waals surface area contributed by atoms with Crippen LogP contribution in [0, 0.1) is 6.92 Å². The first-order valence-corrected chi connectivity index (χ1v) is 6.04. The molecule has 0 aliphatic rings. The van der Waals surface area contributed by atoms with Gasteiger partial charge in [-0.1, -0.05) is 12.1 Å². The van der Waals surface area contributed by atoms with E-state index in [0.717, 1.165) is 11.3 Å². The van der Waals surface area contributed by atoms with Gasteiger partial charge in [0.1, 0.15) is 5.75 Å². The third-order valence-electron chi connectivity index (χ3n) is 2.66. The molecule has 2 N–H and O–H groups in total. The Kier molecular flexibility index (Phi) is 3.27. The Morgan fingerprint density at radius 2 is 2.12 bits per heavy atom. The molecule has 0 radical (unpaired) electrons. The minimum absolute atomic E-state index is 0.0362. The summed E-state index contributed by atoms with van der Waals surface area (Å²) >= 11 is 1.69. The molecular formula is C13H15NOS. The lowest BCUT2D eigenvalue weighted by molar-refractivity contribution is 0.414. The lowest BCUT2D eigenvalue weighted by atomic mass is 10.0. The molecule has 0 bridgehead atoms. The van der Waals surface area contributed by atoms with Gasteiger partial charge in [0.25, 0.3) is 0 Å². The minimum atomic E-state index is -0.0362. The van der Waals surface area contributed by atoms with Crippen LogP contribution in [-0.2, 0) is 0 Å². The highest BCUT2D eigenvalue weighted by Gasteiger charge is 2.12. The molecule has 0 spiro atoms. The largest absolute Gasteiger partial charge is 0.497 e. The maximum absolute atomic E-state index is 6.22. The average Bonchev–Trinajstić information content (AvgIpc) is 2.81.